The number of methoxy groups -OCH3 is 1. The van der Waals surface area contributed by atoms with Crippen LogP contribution in [0.4, 0.5) is 11.4 Å². The Balaban J connectivity index is 1.27. The third-order valence-corrected chi connectivity index (χ3v) is 7.78. The number of hydrogen-bond acceptors (Lipinski definition) is 6. The molecule has 2 aromatic rings. The molecule has 0 bridgehead atoms. The maximum atomic E-state index is 12.7. The van der Waals surface area contributed by atoms with Crippen LogP contribution in [0.1, 0.15) is 18.9 Å². The number of ether oxygens (including phenoxy) is 1. The van der Waals surface area contributed by atoms with Crippen LogP contribution < -0.4 is 19.3 Å². The van der Waals surface area contributed by atoms with Gasteiger partial charge in [-0.25, -0.2) is 13.1 Å². The van der Waals surface area contributed by atoms with Crippen molar-refractivity contribution in [2.45, 2.75) is 24.7 Å². The molecule has 1 fully saturated rings. The largest absolute Gasteiger partial charge is 0.497 e. The molecule has 0 spiro atoms. The van der Waals surface area contributed by atoms with Crippen LogP contribution in [0.5, 0.6) is 5.75 Å². The summed E-state index contributed by atoms with van der Waals surface area (Å²) in [5.74, 6) is 0.664. The normalized spacial score (nSPS) is 15.9. The van der Waals surface area contributed by atoms with Gasteiger partial charge in [-0.2, -0.15) is 0 Å². The lowest BCUT2D eigenvalue weighted by molar-refractivity contribution is -0.131. The van der Waals surface area contributed by atoms with Crippen LogP contribution in [0.25, 0.3) is 0 Å². The molecule has 0 atom stereocenters. The predicted octanol–water partition coefficient (Wildman–Crippen LogP) is 1.62. The number of benzene rings is 2. The van der Waals surface area contributed by atoms with Crippen LogP contribution in [-0.2, 0) is 26.0 Å². The Labute approximate surface area is 200 Å². The fourth-order valence-corrected chi connectivity index (χ4v) is 5.51. The van der Waals surface area contributed by atoms with Crippen molar-refractivity contribution in [1.29, 1.82) is 0 Å². The summed E-state index contributed by atoms with van der Waals surface area (Å²) >= 11 is 0. The van der Waals surface area contributed by atoms with Crippen LogP contribution in [0.15, 0.2) is 47.4 Å². The minimum atomic E-state index is -3.74. The van der Waals surface area contributed by atoms with Crippen molar-refractivity contribution >= 4 is 33.2 Å². The first-order valence-electron chi connectivity index (χ1n) is 11.4. The molecule has 182 valence electrons. The van der Waals surface area contributed by atoms with Crippen molar-refractivity contribution < 1.29 is 22.7 Å². The average molecular weight is 487 g/mol. The summed E-state index contributed by atoms with van der Waals surface area (Å²) in [5, 5.41) is 0. The highest BCUT2D eigenvalue weighted by molar-refractivity contribution is 7.89. The van der Waals surface area contributed by atoms with Crippen molar-refractivity contribution in [2.75, 3.05) is 56.2 Å². The molecule has 0 aromatic heterocycles. The Hall–Kier alpha value is -3.11. The van der Waals surface area contributed by atoms with E-state index >= 15 is 0 Å². The van der Waals surface area contributed by atoms with Gasteiger partial charge in [0.15, 0.2) is 0 Å². The number of nitrogens with one attached hydrogen (secondary N) is 1. The Bertz CT molecular complexity index is 1180. The molecule has 10 heteroatoms. The van der Waals surface area contributed by atoms with E-state index in [1.165, 1.54) is 13.0 Å². The summed E-state index contributed by atoms with van der Waals surface area (Å²) in [5.41, 5.74) is 2.65. The first-order chi connectivity index (χ1) is 16.3. The van der Waals surface area contributed by atoms with Crippen molar-refractivity contribution in [3.8, 4) is 5.75 Å². The van der Waals surface area contributed by atoms with Gasteiger partial charge < -0.3 is 19.4 Å². The van der Waals surface area contributed by atoms with Crippen LogP contribution >= 0.6 is 0 Å². The monoisotopic (exact) mass is 486 g/mol. The lowest BCUT2D eigenvalue weighted by Gasteiger charge is -2.36. The van der Waals surface area contributed by atoms with E-state index in [4.69, 9.17) is 4.74 Å². The number of piperazine rings is 1. The predicted molar refractivity (Wildman–Crippen MR) is 130 cm³/mol. The number of carbonyl (C=O) groups is 2. The van der Waals surface area contributed by atoms with Crippen LogP contribution in [0.3, 0.4) is 0 Å². The molecule has 0 aliphatic carbocycles. The molecule has 2 aromatic carbocycles. The van der Waals surface area contributed by atoms with Gasteiger partial charge in [-0.15, -0.1) is 0 Å². The van der Waals surface area contributed by atoms with E-state index in [9.17, 15) is 18.0 Å². The summed E-state index contributed by atoms with van der Waals surface area (Å²) < 4.78 is 33.3. The maximum Gasteiger partial charge on any atom is 0.240 e. The second-order valence-corrected chi connectivity index (χ2v) is 10.2. The fourth-order valence-electron chi connectivity index (χ4n) is 4.43. The highest BCUT2D eigenvalue weighted by atomic mass is 32.2. The maximum absolute atomic E-state index is 12.7. The summed E-state index contributed by atoms with van der Waals surface area (Å²) in [6.07, 6.45) is 0.722. The highest BCUT2D eigenvalue weighted by Gasteiger charge is 2.25. The van der Waals surface area contributed by atoms with Crippen molar-refractivity contribution in [1.82, 2.24) is 9.62 Å². The highest BCUT2D eigenvalue weighted by Crippen LogP contribution is 2.30. The van der Waals surface area contributed by atoms with Crippen LogP contribution in [0.2, 0.25) is 0 Å². The van der Waals surface area contributed by atoms with Crippen molar-refractivity contribution in [3.05, 3.63) is 48.0 Å². The number of sulfonamides is 1. The van der Waals surface area contributed by atoms with Crippen molar-refractivity contribution in [2.24, 2.45) is 0 Å². The molecule has 2 amide bonds. The van der Waals surface area contributed by atoms with Gasteiger partial charge in [0.05, 0.1) is 12.0 Å². The van der Waals surface area contributed by atoms with E-state index in [1.807, 2.05) is 24.3 Å². The van der Waals surface area contributed by atoms with E-state index in [0.29, 0.717) is 39.1 Å². The van der Waals surface area contributed by atoms with E-state index in [-0.39, 0.29) is 29.7 Å². The minimum absolute atomic E-state index is 0.0356. The van der Waals surface area contributed by atoms with E-state index < -0.39 is 10.0 Å². The Kier molecular flexibility index (Phi) is 7.08. The molecule has 2 heterocycles. The fraction of sp³-hybridized carbons (Fsp3) is 0.417. The van der Waals surface area contributed by atoms with E-state index in [2.05, 4.69) is 9.62 Å². The molecule has 2 aliphatic heterocycles. The third-order valence-electron chi connectivity index (χ3n) is 6.32. The van der Waals surface area contributed by atoms with Gasteiger partial charge in [0.25, 0.3) is 0 Å². The summed E-state index contributed by atoms with van der Waals surface area (Å²) in [6.45, 7) is 4.67. The topological polar surface area (TPSA) is 99.3 Å². The second-order valence-electron chi connectivity index (χ2n) is 8.43. The lowest BCUT2D eigenvalue weighted by atomic mass is 10.2. The number of fused-ring (bicyclic) bond motifs is 1. The summed E-state index contributed by atoms with van der Waals surface area (Å²) in [6, 6.07) is 12.6. The minimum Gasteiger partial charge on any atom is -0.497 e. The number of amides is 2. The van der Waals surface area contributed by atoms with E-state index in [0.717, 1.165) is 22.7 Å². The van der Waals surface area contributed by atoms with E-state index in [1.54, 1.807) is 29.0 Å². The lowest BCUT2D eigenvalue weighted by Crippen LogP contribution is -2.49. The molecule has 0 saturated carbocycles. The molecule has 0 unspecified atom stereocenters. The second kappa shape index (κ2) is 10.0. The zero-order valence-electron chi connectivity index (χ0n) is 19.5. The molecule has 1 N–H and O–H groups in total. The number of hydrogen-bond donors (Lipinski definition) is 1. The molecule has 4 rings (SSSR count). The van der Waals surface area contributed by atoms with Gasteiger partial charge in [-0.1, -0.05) is 6.07 Å². The Morgan fingerprint density at radius 2 is 1.79 bits per heavy atom. The van der Waals surface area contributed by atoms with Crippen LogP contribution in [-0.4, -0.2) is 71.5 Å². The van der Waals surface area contributed by atoms with Gasteiger partial charge in [-0.05, 0) is 42.3 Å². The molecule has 34 heavy (non-hydrogen) atoms. The first kappa shape index (κ1) is 24.0. The van der Waals surface area contributed by atoms with Gasteiger partial charge in [0.2, 0.25) is 21.8 Å². The van der Waals surface area contributed by atoms with Gasteiger partial charge in [0, 0.05) is 70.1 Å². The van der Waals surface area contributed by atoms with Gasteiger partial charge in [-0.3, -0.25) is 9.59 Å². The number of rotatable bonds is 7. The Morgan fingerprint density at radius 3 is 2.50 bits per heavy atom. The van der Waals surface area contributed by atoms with Crippen LogP contribution in [0, 0.1) is 0 Å². The summed E-state index contributed by atoms with van der Waals surface area (Å²) in [7, 11) is -2.11. The number of nitrogens with zero attached hydrogens (tertiary/aromatic N) is 3. The molecule has 0 radical (unpaired) electrons. The van der Waals surface area contributed by atoms with Gasteiger partial charge in [0.1, 0.15) is 5.75 Å². The SMILES string of the molecule is COc1cccc(N2CCN(C(=O)CCNS(=O)(=O)c3ccc4c(c3)CCN4C(C)=O)CC2)c1. The number of anilines is 2. The van der Waals surface area contributed by atoms with Gasteiger partial charge >= 0.3 is 0 Å². The third kappa shape index (κ3) is 5.18. The first-order valence-corrected chi connectivity index (χ1v) is 12.8. The number of carbonyl (C=O) groups excluding carboxylic acids is 2. The average Bonchev–Trinajstić information content (AvgIpc) is 3.28. The zero-order valence-corrected chi connectivity index (χ0v) is 20.3. The molecule has 9 nitrogen and oxygen atoms in total. The smallest absolute Gasteiger partial charge is 0.240 e. The molecular weight excluding hydrogens is 456 g/mol. The zero-order chi connectivity index (χ0) is 24.3. The standard InChI is InChI=1S/C24H30N4O5S/c1-18(29)28-11-9-19-16-22(6-7-23(19)28)34(31,32)25-10-8-24(30)27-14-12-26(13-15-27)20-4-3-5-21(17-20)33-2/h3-7,16-17,25H,8-15H2,1-2H3. The quantitative estimate of drug-likeness (QED) is 0.639. The Morgan fingerprint density at radius 1 is 1.03 bits per heavy atom. The summed E-state index contributed by atoms with van der Waals surface area (Å²) in [4.78, 5) is 30.1. The van der Waals surface area contributed by atoms with Crippen molar-refractivity contribution in [3.63, 3.8) is 0 Å². The molecule has 2 aliphatic rings. The molecular formula is C24H30N4O5S. The molecule has 1 saturated heterocycles.